The second-order valence-corrected chi connectivity index (χ2v) is 5.43. The molecule has 0 saturated carbocycles. The maximum absolute atomic E-state index is 11.7. The van der Waals surface area contributed by atoms with Crippen LogP contribution in [0.2, 0.25) is 0 Å². The molecule has 0 aliphatic heterocycles. The highest BCUT2D eigenvalue weighted by molar-refractivity contribution is 7.07. The Hall–Kier alpha value is -0.970. The predicted molar refractivity (Wildman–Crippen MR) is 65.4 cm³/mol. The molecule has 0 fully saturated rings. The Morgan fingerprint density at radius 2 is 2.00 bits per heavy atom. The highest BCUT2D eigenvalue weighted by atomic mass is 32.1. The van der Waals surface area contributed by atoms with Crippen molar-refractivity contribution in [3.8, 4) is 0 Å². The first-order valence-electron chi connectivity index (χ1n) is 5.58. The number of nitrogens with zero attached hydrogens (tertiary/aromatic N) is 2. The van der Waals surface area contributed by atoms with Gasteiger partial charge in [0.15, 0.2) is 0 Å². The van der Waals surface area contributed by atoms with Crippen LogP contribution in [0.1, 0.15) is 37.4 Å². The molecule has 0 aliphatic carbocycles. The molecule has 4 nitrogen and oxygen atoms in total. The number of carbonyl (C=O) groups excluding carboxylic acids is 1. The largest absolute Gasteiger partial charge is 0.351 e. The molecular weight excluding hydrogens is 222 g/mol. The molecule has 0 radical (unpaired) electrons. The molecule has 90 valence electrons. The molecule has 1 heterocycles. The van der Waals surface area contributed by atoms with E-state index in [2.05, 4.69) is 42.6 Å². The van der Waals surface area contributed by atoms with E-state index in [4.69, 9.17) is 0 Å². The zero-order valence-electron chi connectivity index (χ0n) is 10.2. The first-order chi connectivity index (χ1) is 7.52. The maximum atomic E-state index is 11.7. The Kier molecular flexibility index (Phi) is 4.86. The highest BCUT2D eigenvalue weighted by Gasteiger charge is 2.19. The van der Waals surface area contributed by atoms with Crippen LogP contribution < -0.4 is 5.32 Å². The van der Waals surface area contributed by atoms with E-state index in [9.17, 15) is 4.79 Å². The van der Waals surface area contributed by atoms with Crippen molar-refractivity contribution in [3.05, 3.63) is 11.1 Å². The fourth-order valence-corrected chi connectivity index (χ4v) is 2.24. The number of hydrogen-bond donors (Lipinski definition) is 1. The molecule has 1 aromatic rings. The summed E-state index contributed by atoms with van der Waals surface area (Å²) in [5, 5.41) is 6.59. The van der Waals surface area contributed by atoms with Gasteiger partial charge in [0.05, 0.1) is 6.20 Å². The molecule has 1 amide bonds. The third-order valence-corrected chi connectivity index (χ3v) is 3.46. The van der Waals surface area contributed by atoms with Gasteiger partial charge < -0.3 is 5.32 Å². The van der Waals surface area contributed by atoms with Gasteiger partial charge in [-0.15, -0.1) is 5.10 Å². The lowest BCUT2D eigenvalue weighted by molar-refractivity contribution is 0.0941. The van der Waals surface area contributed by atoms with E-state index >= 15 is 0 Å². The van der Waals surface area contributed by atoms with Crippen LogP contribution in [0, 0.1) is 17.8 Å². The quantitative estimate of drug-likeness (QED) is 0.859. The third-order valence-electron chi connectivity index (χ3n) is 2.80. The van der Waals surface area contributed by atoms with Crippen molar-refractivity contribution in [1.29, 1.82) is 0 Å². The van der Waals surface area contributed by atoms with Crippen LogP contribution in [0.3, 0.4) is 0 Å². The van der Waals surface area contributed by atoms with E-state index in [1.807, 2.05) is 0 Å². The lowest BCUT2D eigenvalue weighted by atomic mass is 9.85. The number of aromatic nitrogens is 2. The van der Waals surface area contributed by atoms with E-state index in [1.165, 1.54) is 6.20 Å². The van der Waals surface area contributed by atoms with Crippen LogP contribution in [0.4, 0.5) is 0 Å². The second kappa shape index (κ2) is 5.94. The van der Waals surface area contributed by atoms with E-state index in [-0.39, 0.29) is 5.91 Å². The summed E-state index contributed by atoms with van der Waals surface area (Å²) in [5.41, 5.74) is 0. The number of hydrogen-bond acceptors (Lipinski definition) is 4. The SMILES string of the molecule is CC(C)C(CNC(=O)c1cnns1)C(C)C. The molecule has 0 spiro atoms. The molecule has 1 aromatic heterocycles. The zero-order valence-corrected chi connectivity index (χ0v) is 11.0. The van der Waals surface area contributed by atoms with Crippen LogP contribution in [0.25, 0.3) is 0 Å². The molecule has 1 N–H and O–H groups in total. The number of amides is 1. The lowest BCUT2D eigenvalue weighted by Gasteiger charge is -2.24. The van der Waals surface area contributed by atoms with E-state index in [0.29, 0.717) is 29.2 Å². The molecule has 16 heavy (non-hydrogen) atoms. The minimum absolute atomic E-state index is 0.0682. The van der Waals surface area contributed by atoms with Crippen molar-refractivity contribution in [2.75, 3.05) is 6.54 Å². The van der Waals surface area contributed by atoms with Crippen molar-refractivity contribution in [1.82, 2.24) is 14.9 Å². The van der Waals surface area contributed by atoms with Gasteiger partial charge in [-0.3, -0.25) is 4.79 Å². The van der Waals surface area contributed by atoms with Gasteiger partial charge in [0.1, 0.15) is 4.88 Å². The zero-order chi connectivity index (χ0) is 12.1. The maximum Gasteiger partial charge on any atom is 0.264 e. The molecule has 0 aliphatic rings. The topological polar surface area (TPSA) is 54.9 Å². The summed E-state index contributed by atoms with van der Waals surface area (Å²) in [4.78, 5) is 12.2. The van der Waals surface area contributed by atoms with Crippen molar-refractivity contribution in [3.63, 3.8) is 0 Å². The first-order valence-corrected chi connectivity index (χ1v) is 6.35. The molecule has 0 bridgehead atoms. The van der Waals surface area contributed by atoms with Gasteiger partial charge in [-0.2, -0.15) is 0 Å². The minimum Gasteiger partial charge on any atom is -0.351 e. The fraction of sp³-hybridized carbons (Fsp3) is 0.727. The van der Waals surface area contributed by atoms with Crippen LogP contribution in [-0.2, 0) is 0 Å². The van der Waals surface area contributed by atoms with Crippen LogP contribution in [0.5, 0.6) is 0 Å². The fourth-order valence-electron chi connectivity index (χ4n) is 1.81. The Morgan fingerprint density at radius 3 is 2.44 bits per heavy atom. The standard InChI is InChI=1S/C11H19N3OS/c1-7(2)9(8(3)4)5-12-11(15)10-6-13-14-16-10/h6-9H,5H2,1-4H3,(H,12,15). The van der Waals surface area contributed by atoms with Crippen molar-refractivity contribution in [2.24, 2.45) is 17.8 Å². The van der Waals surface area contributed by atoms with Crippen LogP contribution in [-0.4, -0.2) is 22.0 Å². The molecule has 0 atom stereocenters. The molecular formula is C11H19N3OS. The van der Waals surface area contributed by atoms with E-state index in [1.54, 1.807) is 0 Å². The predicted octanol–water partition coefficient (Wildman–Crippen LogP) is 2.20. The second-order valence-electron chi connectivity index (χ2n) is 4.64. The molecule has 5 heteroatoms. The average molecular weight is 241 g/mol. The van der Waals surface area contributed by atoms with Crippen molar-refractivity contribution >= 4 is 17.4 Å². The van der Waals surface area contributed by atoms with Crippen molar-refractivity contribution < 1.29 is 4.79 Å². The Bertz CT molecular complexity index is 314. The van der Waals surface area contributed by atoms with Crippen LogP contribution >= 0.6 is 11.5 Å². The number of rotatable bonds is 5. The lowest BCUT2D eigenvalue weighted by Crippen LogP contribution is -2.33. The normalized spacial score (nSPS) is 11.4. The summed E-state index contributed by atoms with van der Waals surface area (Å²) in [6.07, 6.45) is 1.50. The van der Waals surface area contributed by atoms with Gasteiger partial charge in [-0.25, -0.2) is 0 Å². The Balaban J connectivity index is 2.47. The number of nitrogens with one attached hydrogen (secondary N) is 1. The van der Waals surface area contributed by atoms with Gasteiger partial charge in [0.2, 0.25) is 0 Å². The van der Waals surface area contributed by atoms with Gasteiger partial charge in [0, 0.05) is 6.54 Å². The van der Waals surface area contributed by atoms with Crippen LogP contribution in [0.15, 0.2) is 6.20 Å². The summed E-state index contributed by atoms with van der Waals surface area (Å²) in [7, 11) is 0. The van der Waals surface area contributed by atoms with Gasteiger partial charge in [-0.1, -0.05) is 32.2 Å². The van der Waals surface area contributed by atoms with Crippen molar-refractivity contribution in [2.45, 2.75) is 27.7 Å². The van der Waals surface area contributed by atoms with E-state index < -0.39 is 0 Å². The third kappa shape index (κ3) is 3.56. The van der Waals surface area contributed by atoms with E-state index in [0.717, 1.165) is 11.5 Å². The summed E-state index contributed by atoms with van der Waals surface area (Å²) < 4.78 is 3.67. The summed E-state index contributed by atoms with van der Waals surface area (Å²) in [6, 6.07) is 0. The highest BCUT2D eigenvalue weighted by Crippen LogP contribution is 2.19. The number of carbonyl (C=O) groups is 1. The molecule has 0 saturated heterocycles. The van der Waals surface area contributed by atoms with Gasteiger partial charge in [-0.05, 0) is 29.3 Å². The Labute approximate surface area is 101 Å². The monoisotopic (exact) mass is 241 g/mol. The molecule has 1 rings (SSSR count). The first kappa shape index (κ1) is 13.1. The smallest absolute Gasteiger partial charge is 0.264 e. The summed E-state index contributed by atoms with van der Waals surface area (Å²) in [5.74, 6) is 1.57. The Morgan fingerprint density at radius 1 is 1.38 bits per heavy atom. The summed E-state index contributed by atoms with van der Waals surface area (Å²) >= 11 is 1.13. The molecule has 0 aromatic carbocycles. The minimum atomic E-state index is -0.0682. The van der Waals surface area contributed by atoms with Gasteiger partial charge >= 0.3 is 0 Å². The molecule has 0 unspecified atom stereocenters. The summed E-state index contributed by atoms with van der Waals surface area (Å²) in [6.45, 7) is 9.46. The van der Waals surface area contributed by atoms with Gasteiger partial charge in [0.25, 0.3) is 5.91 Å². The average Bonchev–Trinajstić information content (AvgIpc) is 2.69.